The molecule has 0 spiro atoms. The SMILES string of the molecule is COCCCC(NC(=O)N1CCOCC1C(N)=O)C(=O)O. The first-order chi connectivity index (χ1) is 9.97. The van der Waals surface area contributed by atoms with Crippen LogP contribution in [-0.4, -0.2) is 73.5 Å². The number of nitrogens with two attached hydrogens (primary N) is 1. The van der Waals surface area contributed by atoms with Gasteiger partial charge in [0.1, 0.15) is 12.1 Å². The molecule has 1 heterocycles. The summed E-state index contributed by atoms with van der Waals surface area (Å²) in [5, 5.41) is 11.5. The second-order valence-corrected chi connectivity index (χ2v) is 4.66. The number of aliphatic carboxylic acids is 1. The maximum absolute atomic E-state index is 12.1. The molecule has 0 saturated carbocycles. The smallest absolute Gasteiger partial charge is 0.326 e. The summed E-state index contributed by atoms with van der Waals surface area (Å²) < 4.78 is 9.95. The van der Waals surface area contributed by atoms with Crippen molar-refractivity contribution in [3.05, 3.63) is 0 Å². The zero-order valence-electron chi connectivity index (χ0n) is 11.9. The van der Waals surface area contributed by atoms with Gasteiger partial charge in [0, 0.05) is 20.3 Å². The molecule has 0 radical (unpaired) electrons. The Hall–Kier alpha value is -1.87. The molecule has 0 bridgehead atoms. The van der Waals surface area contributed by atoms with Gasteiger partial charge in [0.25, 0.3) is 0 Å². The number of primary amides is 1. The molecule has 3 amide bonds. The normalized spacial score (nSPS) is 19.9. The number of methoxy groups -OCH3 is 1. The molecule has 21 heavy (non-hydrogen) atoms. The lowest BCUT2D eigenvalue weighted by atomic mass is 10.1. The number of rotatable bonds is 7. The number of hydrogen-bond acceptors (Lipinski definition) is 5. The van der Waals surface area contributed by atoms with E-state index >= 15 is 0 Å². The fourth-order valence-electron chi connectivity index (χ4n) is 2.00. The van der Waals surface area contributed by atoms with Gasteiger partial charge in [-0.15, -0.1) is 0 Å². The predicted octanol–water partition coefficient (Wildman–Crippen LogP) is -1.24. The molecule has 0 aromatic carbocycles. The highest BCUT2D eigenvalue weighted by molar-refractivity contribution is 5.88. The lowest BCUT2D eigenvalue weighted by molar-refractivity contribution is -0.139. The number of carbonyl (C=O) groups excluding carboxylic acids is 2. The Labute approximate surface area is 122 Å². The minimum atomic E-state index is -1.14. The van der Waals surface area contributed by atoms with E-state index in [1.54, 1.807) is 0 Å². The van der Waals surface area contributed by atoms with E-state index in [9.17, 15) is 14.4 Å². The summed E-state index contributed by atoms with van der Waals surface area (Å²) in [5.74, 6) is -1.82. The topological polar surface area (TPSA) is 131 Å². The van der Waals surface area contributed by atoms with Crippen LogP contribution in [0.25, 0.3) is 0 Å². The molecule has 2 atom stereocenters. The first-order valence-electron chi connectivity index (χ1n) is 6.63. The standard InChI is InChI=1S/C12H21N3O6/c1-20-5-2-3-8(11(17)18)14-12(19)15-4-6-21-7-9(15)10(13)16/h8-9H,2-7H2,1H3,(H2,13,16)(H,14,19)(H,17,18). The third-order valence-corrected chi connectivity index (χ3v) is 3.15. The molecule has 1 saturated heterocycles. The van der Waals surface area contributed by atoms with Gasteiger partial charge in [-0.1, -0.05) is 0 Å². The van der Waals surface area contributed by atoms with Gasteiger partial charge in [-0.05, 0) is 12.8 Å². The van der Waals surface area contributed by atoms with Gasteiger partial charge in [-0.2, -0.15) is 0 Å². The van der Waals surface area contributed by atoms with E-state index in [4.69, 9.17) is 20.3 Å². The molecule has 1 aliphatic rings. The second-order valence-electron chi connectivity index (χ2n) is 4.66. The molecule has 9 nitrogen and oxygen atoms in total. The molecule has 120 valence electrons. The van der Waals surface area contributed by atoms with Crippen LogP contribution in [0.1, 0.15) is 12.8 Å². The molecule has 0 aromatic rings. The van der Waals surface area contributed by atoms with Gasteiger partial charge >= 0.3 is 12.0 Å². The van der Waals surface area contributed by atoms with Gasteiger partial charge in [0.05, 0.1) is 13.2 Å². The van der Waals surface area contributed by atoms with Gasteiger partial charge in [-0.3, -0.25) is 4.79 Å². The van der Waals surface area contributed by atoms with E-state index in [-0.39, 0.29) is 26.2 Å². The van der Waals surface area contributed by atoms with E-state index in [0.29, 0.717) is 13.0 Å². The van der Waals surface area contributed by atoms with Crippen LogP contribution in [0, 0.1) is 0 Å². The highest BCUT2D eigenvalue weighted by Gasteiger charge is 2.33. The number of morpholine rings is 1. The Kier molecular flexibility index (Phi) is 6.89. The summed E-state index contributed by atoms with van der Waals surface area (Å²) in [4.78, 5) is 35.7. The zero-order valence-corrected chi connectivity index (χ0v) is 11.9. The molecule has 1 fully saturated rings. The van der Waals surface area contributed by atoms with Crippen LogP contribution in [0.3, 0.4) is 0 Å². The van der Waals surface area contributed by atoms with Crippen molar-refractivity contribution in [3.8, 4) is 0 Å². The number of carboxylic acids is 1. The number of carboxylic acid groups (broad SMARTS) is 1. The molecule has 1 rings (SSSR count). The highest BCUT2D eigenvalue weighted by Crippen LogP contribution is 2.08. The fraction of sp³-hybridized carbons (Fsp3) is 0.750. The minimum Gasteiger partial charge on any atom is -0.480 e. The van der Waals surface area contributed by atoms with Crippen molar-refractivity contribution >= 4 is 17.9 Å². The van der Waals surface area contributed by atoms with Crippen LogP contribution in [0.2, 0.25) is 0 Å². The average molecular weight is 303 g/mol. The maximum Gasteiger partial charge on any atom is 0.326 e. The quantitative estimate of drug-likeness (QED) is 0.504. The number of nitrogens with one attached hydrogen (secondary N) is 1. The summed E-state index contributed by atoms with van der Waals surface area (Å²) in [6.45, 7) is 0.883. The Morgan fingerprint density at radius 2 is 2.24 bits per heavy atom. The number of ether oxygens (including phenoxy) is 2. The minimum absolute atomic E-state index is 0.0180. The molecule has 4 N–H and O–H groups in total. The summed E-state index contributed by atoms with van der Waals surface area (Å²) >= 11 is 0. The van der Waals surface area contributed by atoms with Crippen molar-refractivity contribution in [2.75, 3.05) is 33.5 Å². The molecular formula is C12H21N3O6. The van der Waals surface area contributed by atoms with E-state index < -0.39 is 30.0 Å². The van der Waals surface area contributed by atoms with Crippen molar-refractivity contribution < 1.29 is 29.0 Å². The van der Waals surface area contributed by atoms with Gasteiger partial charge in [-0.25, -0.2) is 9.59 Å². The van der Waals surface area contributed by atoms with Gasteiger partial charge < -0.3 is 30.5 Å². The number of hydrogen-bond donors (Lipinski definition) is 3. The fourth-order valence-corrected chi connectivity index (χ4v) is 2.00. The summed E-state index contributed by atoms with van der Waals surface area (Å²) in [6, 6.07) is -2.55. The monoisotopic (exact) mass is 303 g/mol. The number of amides is 3. The van der Waals surface area contributed by atoms with E-state index in [2.05, 4.69) is 5.32 Å². The Balaban J connectivity index is 2.62. The Morgan fingerprint density at radius 3 is 2.81 bits per heavy atom. The molecule has 9 heteroatoms. The van der Waals surface area contributed by atoms with Crippen molar-refractivity contribution in [2.24, 2.45) is 5.73 Å². The third-order valence-electron chi connectivity index (χ3n) is 3.15. The highest BCUT2D eigenvalue weighted by atomic mass is 16.5. The van der Waals surface area contributed by atoms with Crippen LogP contribution in [0.15, 0.2) is 0 Å². The lowest BCUT2D eigenvalue weighted by Gasteiger charge is -2.34. The van der Waals surface area contributed by atoms with Gasteiger partial charge in [0.2, 0.25) is 5.91 Å². The third kappa shape index (κ3) is 5.20. The van der Waals surface area contributed by atoms with Crippen LogP contribution < -0.4 is 11.1 Å². The largest absolute Gasteiger partial charge is 0.480 e. The lowest BCUT2D eigenvalue weighted by Crippen LogP contribution is -2.59. The molecule has 2 unspecified atom stereocenters. The van der Waals surface area contributed by atoms with Crippen LogP contribution >= 0.6 is 0 Å². The van der Waals surface area contributed by atoms with E-state index in [1.807, 2.05) is 0 Å². The maximum atomic E-state index is 12.1. The number of urea groups is 1. The van der Waals surface area contributed by atoms with Crippen LogP contribution in [0.4, 0.5) is 4.79 Å². The second kappa shape index (κ2) is 8.42. The Morgan fingerprint density at radius 1 is 1.52 bits per heavy atom. The Bertz CT molecular complexity index is 389. The van der Waals surface area contributed by atoms with Crippen molar-refractivity contribution in [2.45, 2.75) is 24.9 Å². The molecule has 0 aromatic heterocycles. The predicted molar refractivity (Wildman–Crippen MR) is 71.6 cm³/mol. The van der Waals surface area contributed by atoms with Crippen molar-refractivity contribution in [1.29, 1.82) is 0 Å². The first kappa shape index (κ1) is 17.2. The molecule has 0 aliphatic carbocycles. The molecular weight excluding hydrogens is 282 g/mol. The van der Waals surface area contributed by atoms with Crippen LogP contribution in [0.5, 0.6) is 0 Å². The van der Waals surface area contributed by atoms with Crippen LogP contribution in [-0.2, 0) is 19.1 Å². The summed E-state index contributed by atoms with van der Waals surface area (Å²) in [7, 11) is 1.51. The number of carbonyl (C=O) groups is 3. The van der Waals surface area contributed by atoms with E-state index in [0.717, 1.165) is 0 Å². The molecule has 1 aliphatic heterocycles. The first-order valence-corrected chi connectivity index (χ1v) is 6.63. The summed E-state index contributed by atoms with van der Waals surface area (Å²) in [6.07, 6.45) is 0.733. The van der Waals surface area contributed by atoms with Crippen molar-refractivity contribution in [3.63, 3.8) is 0 Å². The average Bonchev–Trinajstić information content (AvgIpc) is 2.46. The summed E-state index contributed by atoms with van der Waals surface area (Å²) in [5.41, 5.74) is 5.21. The van der Waals surface area contributed by atoms with Gasteiger partial charge in [0.15, 0.2) is 0 Å². The zero-order chi connectivity index (χ0) is 15.8. The van der Waals surface area contributed by atoms with E-state index in [1.165, 1.54) is 12.0 Å². The van der Waals surface area contributed by atoms with Crippen molar-refractivity contribution in [1.82, 2.24) is 10.2 Å². The number of nitrogens with zero attached hydrogens (tertiary/aromatic N) is 1.